The second-order valence-corrected chi connectivity index (χ2v) is 12.1. The van der Waals surface area contributed by atoms with E-state index in [2.05, 4.69) is 193 Å². The average Bonchev–Trinajstić information content (AvgIpc) is 3.17. The van der Waals surface area contributed by atoms with Gasteiger partial charge in [0, 0.05) is 33.5 Å². The fourth-order valence-electron chi connectivity index (χ4n) is 6.97. The smallest absolute Gasteiger partial charge is 0.143 e. The lowest BCUT2D eigenvalue weighted by Crippen LogP contribution is -2.12. The Morgan fingerprint density at radius 1 is 0.354 bits per heavy atom. The van der Waals surface area contributed by atoms with Crippen LogP contribution < -0.4 is 9.64 Å². The third-order valence-electron chi connectivity index (χ3n) is 9.27. The zero-order valence-corrected chi connectivity index (χ0v) is 26.3. The van der Waals surface area contributed by atoms with E-state index in [1.165, 1.54) is 27.8 Å². The molecule has 0 saturated heterocycles. The first-order chi connectivity index (χ1) is 23.8. The summed E-state index contributed by atoms with van der Waals surface area (Å²) in [6.45, 7) is 0. The minimum absolute atomic E-state index is 0.874. The van der Waals surface area contributed by atoms with Crippen molar-refractivity contribution in [2.45, 2.75) is 0 Å². The van der Waals surface area contributed by atoms with Crippen LogP contribution in [0.5, 0.6) is 11.5 Å². The summed E-state index contributed by atoms with van der Waals surface area (Å²) in [7, 11) is 0. The Morgan fingerprint density at radius 3 is 1.44 bits per heavy atom. The van der Waals surface area contributed by atoms with Gasteiger partial charge in [0.25, 0.3) is 0 Å². The van der Waals surface area contributed by atoms with E-state index in [1.54, 1.807) is 0 Å². The molecule has 0 aliphatic carbocycles. The lowest BCUT2D eigenvalue weighted by Gasteiger charge is -2.32. The quantitative estimate of drug-likeness (QED) is 0.185. The molecule has 8 aromatic rings. The van der Waals surface area contributed by atoms with Crippen LogP contribution in [0, 0.1) is 0 Å². The van der Waals surface area contributed by atoms with Crippen molar-refractivity contribution in [1.29, 1.82) is 0 Å². The van der Waals surface area contributed by atoms with Crippen LogP contribution >= 0.6 is 0 Å². The number of anilines is 3. The lowest BCUT2D eigenvalue weighted by molar-refractivity contribution is 0.489. The zero-order valence-electron chi connectivity index (χ0n) is 26.3. The summed E-state index contributed by atoms with van der Waals surface area (Å²) in [5, 5.41) is 2.28. The van der Waals surface area contributed by atoms with Crippen molar-refractivity contribution in [1.82, 2.24) is 0 Å². The van der Waals surface area contributed by atoms with Gasteiger partial charge in [-0.2, -0.15) is 0 Å². The van der Waals surface area contributed by atoms with Crippen LogP contribution in [0.25, 0.3) is 55.3 Å². The first-order valence-electron chi connectivity index (χ1n) is 16.4. The Kier molecular flexibility index (Phi) is 6.84. The molecule has 1 aliphatic heterocycles. The van der Waals surface area contributed by atoms with Gasteiger partial charge in [-0.1, -0.05) is 152 Å². The molecular formula is C46H31NO. The summed E-state index contributed by atoms with van der Waals surface area (Å²) in [6, 6.07) is 66.8. The first-order valence-corrected chi connectivity index (χ1v) is 16.4. The largest absolute Gasteiger partial charge is 0.455 e. The molecule has 0 unspecified atom stereocenters. The van der Waals surface area contributed by atoms with Crippen molar-refractivity contribution in [3.8, 4) is 56.0 Å². The Balaban J connectivity index is 1.27. The monoisotopic (exact) mass is 613 g/mol. The second kappa shape index (κ2) is 11.8. The maximum absolute atomic E-state index is 6.79. The molecule has 0 atom stereocenters. The fraction of sp³-hybridized carbons (Fsp3) is 0. The van der Waals surface area contributed by atoms with Gasteiger partial charge in [0.2, 0.25) is 0 Å². The van der Waals surface area contributed by atoms with Gasteiger partial charge in [0.05, 0.1) is 5.69 Å². The van der Waals surface area contributed by atoms with Crippen LogP contribution in [-0.4, -0.2) is 0 Å². The normalized spacial score (nSPS) is 11.5. The van der Waals surface area contributed by atoms with Crippen molar-refractivity contribution < 1.29 is 4.74 Å². The summed E-state index contributed by atoms with van der Waals surface area (Å²) < 4.78 is 6.79. The van der Waals surface area contributed by atoms with Crippen molar-refractivity contribution in [3.63, 3.8) is 0 Å². The van der Waals surface area contributed by atoms with E-state index in [0.29, 0.717) is 0 Å². The van der Waals surface area contributed by atoms with E-state index in [4.69, 9.17) is 4.74 Å². The summed E-state index contributed by atoms with van der Waals surface area (Å²) >= 11 is 0. The van der Waals surface area contributed by atoms with Crippen molar-refractivity contribution in [2.75, 3.05) is 4.90 Å². The van der Waals surface area contributed by atoms with Gasteiger partial charge in [-0.3, -0.25) is 0 Å². The lowest BCUT2D eigenvalue weighted by atomic mass is 9.89. The van der Waals surface area contributed by atoms with Crippen LogP contribution in [0.2, 0.25) is 0 Å². The summed E-state index contributed by atoms with van der Waals surface area (Å²) in [5.41, 5.74) is 12.5. The molecule has 1 heterocycles. The molecule has 226 valence electrons. The summed E-state index contributed by atoms with van der Waals surface area (Å²) in [4.78, 5) is 2.39. The number of hydrogen-bond donors (Lipinski definition) is 0. The topological polar surface area (TPSA) is 12.5 Å². The van der Waals surface area contributed by atoms with E-state index in [-0.39, 0.29) is 0 Å². The van der Waals surface area contributed by atoms with Gasteiger partial charge in [0.15, 0.2) is 0 Å². The van der Waals surface area contributed by atoms with E-state index >= 15 is 0 Å². The van der Waals surface area contributed by atoms with Crippen molar-refractivity contribution in [2.24, 2.45) is 0 Å². The predicted octanol–water partition coefficient (Wildman–Crippen LogP) is 13.1. The highest BCUT2D eigenvalue weighted by Crippen LogP contribution is 2.55. The number of benzene rings is 8. The van der Waals surface area contributed by atoms with Crippen LogP contribution in [0.1, 0.15) is 0 Å². The number of hydrogen-bond acceptors (Lipinski definition) is 2. The molecule has 2 nitrogen and oxygen atoms in total. The zero-order chi connectivity index (χ0) is 31.9. The van der Waals surface area contributed by atoms with Crippen molar-refractivity contribution in [3.05, 3.63) is 188 Å². The highest BCUT2D eigenvalue weighted by Gasteiger charge is 2.28. The highest BCUT2D eigenvalue weighted by molar-refractivity contribution is 6.11. The third-order valence-corrected chi connectivity index (χ3v) is 9.27. The van der Waals surface area contributed by atoms with E-state index in [1.807, 2.05) is 0 Å². The minimum atomic E-state index is 0.874. The molecular weight excluding hydrogens is 583 g/mol. The first kappa shape index (κ1) is 27.9. The van der Waals surface area contributed by atoms with Gasteiger partial charge in [-0.15, -0.1) is 0 Å². The molecule has 0 spiro atoms. The van der Waals surface area contributed by atoms with Gasteiger partial charge >= 0.3 is 0 Å². The Labute approximate surface area is 280 Å². The minimum Gasteiger partial charge on any atom is -0.455 e. The summed E-state index contributed by atoms with van der Waals surface area (Å²) in [6.07, 6.45) is 0. The maximum Gasteiger partial charge on any atom is 0.143 e. The summed E-state index contributed by atoms with van der Waals surface area (Å²) in [5.74, 6) is 1.76. The van der Waals surface area contributed by atoms with Gasteiger partial charge in [0.1, 0.15) is 11.5 Å². The number of fused-ring (bicyclic) bond motifs is 2. The Morgan fingerprint density at radius 2 is 0.854 bits per heavy atom. The average molecular weight is 614 g/mol. The molecule has 48 heavy (non-hydrogen) atoms. The van der Waals surface area contributed by atoms with E-state index in [9.17, 15) is 0 Å². The van der Waals surface area contributed by atoms with E-state index in [0.717, 1.165) is 56.0 Å². The molecule has 2 heteroatoms. The molecule has 0 amide bonds. The highest BCUT2D eigenvalue weighted by atomic mass is 16.5. The Hall–Kier alpha value is -6.38. The van der Waals surface area contributed by atoms with Gasteiger partial charge < -0.3 is 9.64 Å². The molecule has 9 rings (SSSR count). The third kappa shape index (κ3) is 4.83. The number of para-hydroxylation sites is 1. The maximum atomic E-state index is 6.79. The molecule has 0 fully saturated rings. The Bertz CT molecular complexity index is 2300. The van der Waals surface area contributed by atoms with Gasteiger partial charge in [-0.05, 0) is 69.6 Å². The van der Waals surface area contributed by atoms with Crippen LogP contribution in [-0.2, 0) is 0 Å². The van der Waals surface area contributed by atoms with Gasteiger partial charge in [-0.25, -0.2) is 0 Å². The molecule has 0 N–H and O–H groups in total. The molecule has 0 radical (unpaired) electrons. The number of nitrogens with zero attached hydrogens (tertiary/aromatic N) is 1. The van der Waals surface area contributed by atoms with Crippen LogP contribution in [0.4, 0.5) is 17.1 Å². The number of rotatable bonds is 6. The van der Waals surface area contributed by atoms with Crippen molar-refractivity contribution >= 4 is 27.8 Å². The van der Waals surface area contributed by atoms with E-state index < -0.39 is 0 Å². The standard InChI is InChI=1S/C46H31NO/c1-4-12-32(13-5-1)34-22-27-38(28-23-34)47(39-29-24-35(25-30-39)33-14-6-2-7-15-33)42-31-26-37-18-10-21-43-44(37)45(42)41-20-11-19-40(46(41)48-43)36-16-8-3-9-17-36/h1-31H. The molecule has 0 aromatic heterocycles. The fourth-order valence-corrected chi connectivity index (χ4v) is 6.97. The molecule has 0 saturated carbocycles. The second-order valence-electron chi connectivity index (χ2n) is 12.1. The molecule has 0 bridgehead atoms. The number of ether oxygens (including phenoxy) is 1. The molecule has 1 aliphatic rings. The SMILES string of the molecule is c1ccc(-c2ccc(N(c3ccc(-c4ccccc4)cc3)c3ccc4cccc5c4c3-c3cccc(-c4ccccc4)c3O5)cc2)cc1. The van der Waals surface area contributed by atoms with Crippen LogP contribution in [0.15, 0.2) is 188 Å². The molecule has 8 aromatic carbocycles. The van der Waals surface area contributed by atoms with Crippen LogP contribution in [0.3, 0.4) is 0 Å². The predicted molar refractivity (Wildman–Crippen MR) is 200 cm³/mol.